The summed E-state index contributed by atoms with van der Waals surface area (Å²) in [5.41, 5.74) is 2.89. The molecule has 0 N–H and O–H groups in total. The molecule has 0 saturated carbocycles. The third kappa shape index (κ3) is 2.83. The van der Waals surface area contributed by atoms with E-state index in [1.807, 2.05) is 24.3 Å². The van der Waals surface area contributed by atoms with Gasteiger partial charge in [-0.2, -0.15) is 0 Å². The van der Waals surface area contributed by atoms with Gasteiger partial charge in [0.25, 0.3) is 0 Å². The van der Waals surface area contributed by atoms with Gasteiger partial charge in [-0.1, -0.05) is 0 Å². The number of aromatic nitrogens is 4. The van der Waals surface area contributed by atoms with Gasteiger partial charge < -0.3 is 9.30 Å². The lowest BCUT2D eigenvalue weighted by Gasteiger charge is -2.08. The lowest BCUT2D eigenvalue weighted by molar-refractivity contribution is 0.415. The number of hydrogen-bond acceptors (Lipinski definition) is 4. The molecule has 0 bridgehead atoms. The Bertz CT molecular complexity index is 742. The van der Waals surface area contributed by atoms with Gasteiger partial charge in [0.2, 0.25) is 0 Å². The molecule has 5 nitrogen and oxygen atoms in total. The molecule has 0 unspecified atom stereocenters. The predicted octanol–water partition coefficient (Wildman–Crippen LogP) is 2.66. The number of ether oxygens (including phenoxy) is 1. The van der Waals surface area contributed by atoms with Crippen LogP contribution >= 0.6 is 11.6 Å². The van der Waals surface area contributed by atoms with E-state index in [0.29, 0.717) is 18.8 Å². The van der Waals surface area contributed by atoms with Crippen LogP contribution in [0.5, 0.6) is 5.75 Å². The number of alkyl halides is 1. The number of rotatable bonds is 5. The molecule has 0 aliphatic rings. The first kappa shape index (κ1) is 13.8. The summed E-state index contributed by atoms with van der Waals surface area (Å²) in [6.45, 7) is 0.637. The Labute approximate surface area is 127 Å². The number of fused-ring (bicyclic) bond motifs is 1. The molecule has 6 heteroatoms. The van der Waals surface area contributed by atoms with Crippen LogP contribution in [-0.4, -0.2) is 32.5 Å². The van der Waals surface area contributed by atoms with E-state index in [-0.39, 0.29) is 0 Å². The van der Waals surface area contributed by atoms with E-state index in [4.69, 9.17) is 16.3 Å². The molecule has 21 heavy (non-hydrogen) atoms. The fourth-order valence-electron chi connectivity index (χ4n) is 2.30. The lowest BCUT2D eigenvalue weighted by atomic mass is 10.3. The van der Waals surface area contributed by atoms with Crippen LogP contribution in [0.4, 0.5) is 0 Å². The van der Waals surface area contributed by atoms with Crippen LogP contribution in [0.15, 0.2) is 36.8 Å². The molecule has 2 aromatic heterocycles. The van der Waals surface area contributed by atoms with E-state index >= 15 is 0 Å². The van der Waals surface area contributed by atoms with Crippen LogP contribution in [0, 0.1) is 0 Å². The predicted molar refractivity (Wildman–Crippen MR) is 81.8 cm³/mol. The van der Waals surface area contributed by atoms with Gasteiger partial charge in [-0.15, -0.1) is 11.6 Å². The highest BCUT2D eigenvalue weighted by atomic mass is 35.5. The van der Waals surface area contributed by atoms with Gasteiger partial charge in [-0.05, 0) is 18.2 Å². The average Bonchev–Trinajstić information content (AvgIpc) is 2.86. The van der Waals surface area contributed by atoms with E-state index in [9.17, 15) is 0 Å². The van der Waals surface area contributed by atoms with Crippen LogP contribution in [-0.2, 0) is 13.0 Å². The number of aryl methyl sites for hydroxylation is 1. The number of methoxy groups -OCH3 is 1. The Balaban J connectivity index is 2.10. The molecule has 0 radical (unpaired) electrons. The maximum Gasteiger partial charge on any atom is 0.121 e. The monoisotopic (exact) mass is 302 g/mol. The minimum atomic E-state index is 0.532. The molecule has 0 spiro atoms. The van der Waals surface area contributed by atoms with Crippen LogP contribution in [0.25, 0.3) is 11.0 Å². The van der Waals surface area contributed by atoms with Gasteiger partial charge in [0.15, 0.2) is 0 Å². The third-order valence-corrected chi connectivity index (χ3v) is 3.50. The minimum absolute atomic E-state index is 0.532. The molecule has 0 fully saturated rings. The van der Waals surface area contributed by atoms with Crippen LogP contribution in [0.3, 0.4) is 0 Å². The van der Waals surface area contributed by atoms with Gasteiger partial charge in [0, 0.05) is 24.6 Å². The first-order valence-corrected chi connectivity index (χ1v) is 7.19. The van der Waals surface area contributed by atoms with Crippen molar-refractivity contribution in [1.82, 2.24) is 19.5 Å². The highest BCUT2D eigenvalue weighted by Crippen LogP contribution is 2.23. The second kappa shape index (κ2) is 6.10. The Kier molecular flexibility index (Phi) is 4.01. The minimum Gasteiger partial charge on any atom is -0.497 e. The summed E-state index contributed by atoms with van der Waals surface area (Å²) in [5, 5.41) is 0. The number of halogens is 1. The summed E-state index contributed by atoms with van der Waals surface area (Å²) in [5.74, 6) is 2.29. The Morgan fingerprint density at radius 1 is 1.29 bits per heavy atom. The zero-order valence-electron chi connectivity index (χ0n) is 11.7. The number of imidazole rings is 1. The average molecular weight is 303 g/mol. The first-order valence-electron chi connectivity index (χ1n) is 6.66. The molecule has 0 aliphatic carbocycles. The fourth-order valence-corrected chi connectivity index (χ4v) is 2.47. The summed E-state index contributed by atoms with van der Waals surface area (Å²) >= 11 is 5.89. The van der Waals surface area contributed by atoms with E-state index in [1.54, 1.807) is 19.6 Å². The second-order valence-electron chi connectivity index (χ2n) is 4.61. The quantitative estimate of drug-likeness (QED) is 0.680. The molecule has 0 atom stereocenters. The fraction of sp³-hybridized carbons (Fsp3) is 0.267. The van der Waals surface area contributed by atoms with Crippen molar-refractivity contribution >= 4 is 22.6 Å². The molecule has 0 amide bonds. The maximum atomic E-state index is 5.89. The van der Waals surface area contributed by atoms with Crippen LogP contribution < -0.4 is 4.74 Å². The third-order valence-electron chi connectivity index (χ3n) is 3.32. The van der Waals surface area contributed by atoms with E-state index in [0.717, 1.165) is 28.3 Å². The van der Waals surface area contributed by atoms with Gasteiger partial charge in [0.1, 0.15) is 17.9 Å². The van der Waals surface area contributed by atoms with Crippen molar-refractivity contribution in [1.29, 1.82) is 0 Å². The van der Waals surface area contributed by atoms with Crippen LogP contribution in [0.1, 0.15) is 11.5 Å². The van der Waals surface area contributed by atoms with E-state index in [1.165, 1.54) is 0 Å². The van der Waals surface area contributed by atoms with Gasteiger partial charge in [-0.3, -0.25) is 0 Å². The Morgan fingerprint density at radius 3 is 2.90 bits per heavy atom. The standard InChI is InChI=1S/C15H15ClN4O/c1-21-12-2-3-13-14(8-12)20(15(19-13)4-6-16)9-11-5-7-17-10-18-11/h2-3,5,7-8,10H,4,6,9H2,1H3. The van der Waals surface area contributed by atoms with Crippen LogP contribution in [0.2, 0.25) is 0 Å². The Hall–Kier alpha value is -2.14. The molecule has 3 rings (SSSR count). The summed E-state index contributed by atoms with van der Waals surface area (Å²) in [6, 6.07) is 7.76. The summed E-state index contributed by atoms with van der Waals surface area (Å²) in [4.78, 5) is 12.9. The summed E-state index contributed by atoms with van der Waals surface area (Å²) < 4.78 is 7.43. The maximum absolute atomic E-state index is 5.89. The molecule has 108 valence electrons. The molecular formula is C15H15ClN4O. The Morgan fingerprint density at radius 2 is 2.19 bits per heavy atom. The van der Waals surface area contributed by atoms with E-state index < -0.39 is 0 Å². The molecule has 1 aromatic carbocycles. The van der Waals surface area contributed by atoms with E-state index in [2.05, 4.69) is 19.5 Å². The van der Waals surface area contributed by atoms with Gasteiger partial charge in [0.05, 0.1) is 30.4 Å². The van der Waals surface area contributed by atoms with Crippen molar-refractivity contribution in [2.24, 2.45) is 0 Å². The lowest BCUT2D eigenvalue weighted by Crippen LogP contribution is -2.07. The van der Waals surface area contributed by atoms with Crippen molar-refractivity contribution in [3.63, 3.8) is 0 Å². The molecule has 0 aliphatic heterocycles. The smallest absolute Gasteiger partial charge is 0.121 e. The van der Waals surface area contributed by atoms with Crippen molar-refractivity contribution in [2.45, 2.75) is 13.0 Å². The van der Waals surface area contributed by atoms with Crippen molar-refractivity contribution in [3.05, 3.63) is 48.3 Å². The largest absolute Gasteiger partial charge is 0.497 e. The number of nitrogens with zero attached hydrogens (tertiary/aromatic N) is 4. The first-order chi connectivity index (χ1) is 10.3. The van der Waals surface area contributed by atoms with Gasteiger partial charge in [-0.25, -0.2) is 15.0 Å². The van der Waals surface area contributed by atoms with Gasteiger partial charge >= 0.3 is 0 Å². The highest BCUT2D eigenvalue weighted by Gasteiger charge is 2.12. The van der Waals surface area contributed by atoms with Crippen molar-refractivity contribution in [2.75, 3.05) is 13.0 Å². The molecule has 2 heterocycles. The SMILES string of the molecule is COc1ccc2nc(CCCl)n(Cc3ccncn3)c2c1. The highest BCUT2D eigenvalue weighted by molar-refractivity contribution is 6.17. The zero-order valence-corrected chi connectivity index (χ0v) is 12.4. The molecule has 0 saturated heterocycles. The normalized spacial score (nSPS) is 11.0. The number of hydrogen-bond donors (Lipinski definition) is 0. The summed E-state index contributed by atoms with van der Waals surface area (Å²) in [6.07, 6.45) is 4.00. The van der Waals surface area contributed by atoms with Crippen molar-refractivity contribution in [3.8, 4) is 5.75 Å². The zero-order chi connectivity index (χ0) is 14.7. The topological polar surface area (TPSA) is 52.8 Å². The second-order valence-corrected chi connectivity index (χ2v) is 4.99. The number of benzene rings is 1. The molecule has 3 aromatic rings. The van der Waals surface area contributed by atoms with Crippen molar-refractivity contribution < 1.29 is 4.74 Å². The summed E-state index contributed by atoms with van der Waals surface area (Å²) in [7, 11) is 1.66. The molecular weight excluding hydrogens is 288 g/mol.